The third kappa shape index (κ3) is 3.22. The quantitative estimate of drug-likeness (QED) is 0.600. The second kappa shape index (κ2) is 6.24. The van der Waals surface area contributed by atoms with E-state index in [2.05, 4.69) is 46.2 Å². The zero-order valence-electron chi connectivity index (χ0n) is 12.5. The fourth-order valence-electron chi connectivity index (χ4n) is 3.56. The van der Waals surface area contributed by atoms with Gasteiger partial charge in [0.15, 0.2) is 0 Å². The summed E-state index contributed by atoms with van der Waals surface area (Å²) in [5.41, 5.74) is 1.30. The minimum atomic E-state index is 0.203. The Morgan fingerprint density at radius 1 is 1.10 bits per heavy atom. The van der Waals surface area contributed by atoms with Gasteiger partial charge >= 0.3 is 0 Å². The van der Waals surface area contributed by atoms with Crippen LogP contribution in [0.5, 0.6) is 0 Å². The van der Waals surface area contributed by atoms with Gasteiger partial charge in [-0.3, -0.25) is 10.3 Å². The Bertz CT molecular complexity index is 392. The smallest absolute Gasteiger partial charge is 0.115 e. The van der Waals surface area contributed by atoms with Crippen LogP contribution < -0.4 is 21.3 Å². The Kier molecular flexibility index (Phi) is 4.38. The lowest BCUT2D eigenvalue weighted by Crippen LogP contribution is -2.62. The van der Waals surface area contributed by atoms with Crippen LogP contribution in [0.1, 0.15) is 39.5 Å². The van der Waals surface area contributed by atoms with Gasteiger partial charge in [-0.05, 0) is 52.2 Å². The average molecular weight is 277 g/mol. The molecule has 5 heteroatoms. The van der Waals surface area contributed by atoms with Crippen LogP contribution in [0.2, 0.25) is 0 Å². The van der Waals surface area contributed by atoms with Gasteiger partial charge in [-0.1, -0.05) is 0 Å². The van der Waals surface area contributed by atoms with E-state index in [9.17, 15) is 0 Å². The summed E-state index contributed by atoms with van der Waals surface area (Å²) in [6.45, 7) is 5.42. The number of nitrogens with zero attached hydrogens (tertiary/aromatic N) is 1. The first-order valence-electron chi connectivity index (χ1n) is 7.98. The van der Waals surface area contributed by atoms with Gasteiger partial charge in [0.2, 0.25) is 0 Å². The Morgan fingerprint density at radius 3 is 2.75 bits per heavy atom. The second-order valence-electron chi connectivity index (χ2n) is 6.23. The standard InChI is InChI=1S/C15H27N5/c1-10-16-8-6-14(18-10)12-4-3-5-13(20-12)15-7-9-17-11(2)19-15/h6,8,10-13,15,17-20H,3-5,7,9H2,1-2H3. The molecule has 3 heterocycles. The second-order valence-corrected chi connectivity index (χ2v) is 6.23. The zero-order chi connectivity index (χ0) is 13.9. The molecule has 0 aromatic rings. The first-order valence-corrected chi connectivity index (χ1v) is 7.98. The molecule has 0 aliphatic carbocycles. The topological polar surface area (TPSA) is 60.5 Å². The fourth-order valence-corrected chi connectivity index (χ4v) is 3.56. The van der Waals surface area contributed by atoms with Crippen LogP contribution in [0.4, 0.5) is 0 Å². The van der Waals surface area contributed by atoms with Crippen molar-refractivity contribution in [1.82, 2.24) is 21.3 Å². The van der Waals surface area contributed by atoms with Gasteiger partial charge in [0.05, 0.1) is 6.17 Å². The molecule has 20 heavy (non-hydrogen) atoms. The number of aliphatic imine (C=N–C) groups is 1. The lowest BCUT2D eigenvalue weighted by Gasteiger charge is -2.41. The Morgan fingerprint density at radius 2 is 1.95 bits per heavy atom. The molecule has 4 N–H and O–H groups in total. The van der Waals surface area contributed by atoms with Crippen molar-refractivity contribution < 1.29 is 0 Å². The summed E-state index contributed by atoms with van der Waals surface area (Å²) in [7, 11) is 0. The summed E-state index contributed by atoms with van der Waals surface area (Å²) in [6.07, 6.45) is 9.69. The summed E-state index contributed by atoms with van der Waals surface area (Å²) in [5, 5.41) is 14.5. The van der Waals surface area contributed by atoms with E-state index in [0.717, 1.165) is 6.54 Å². The maximum atomic E-state index is 4.33. The van der Waals surface area contributed by atoms with Crippen molar-refractivity contribution in [3.63, 3.8) is 0 Å². The van der Waals surface area contributed by atoms with Crippen molar-refractivity contribution in [3.8, 4) is 0 Å². The van der Waals surface area contributed by atoms with Crippen LogP contribution in [0.3, 0.4) is 0 Å². The van der Waals surface area contributed by atoms with Gasteiger partial charge < -0.3 is 16.0 Å². The minimum absolute atomic E-state index is 0.203. The lowest BCUT2D eigenvalue weighted by molar-refractivity contribution is 0.215. The molecule has 0 bridgehead atoms. The number of allylic oxidation sites excluding steroid dienone is 1. The van der Waals surface area contributed by atoms with Gasteiger partial charge in [0.25, 0.3) is 0 Å². The number of piperidine rings is 1. The first-order chi connectivity index (χ1) is 9.72. The molecule has 0 aromatic carbocycles. The Labute approximate surface area is 121 Å². The van der Waals surface area contributed by atoms with E-state index < -0.39 is 0 Å². The maximum Gasteiger partial charge on any atom is 0.115 e. The van der Waals surface area contributed by atoms with E-state index in [0.29, 0.717) is 24.3 Å². The highest BCUT2D eigenvalue weighted by Crippen LogP contribution is 2.22. The van der Waals surface area contributed by atoms with Gasteiger partial charge in [-0.25, -0.2) is 0 Å². The van der Waals surface area contributed by atoms with Crippen LogP contribution >= 0.6 is 0 Å². The summed E-state index contributed by atoms with van der Waals surface area (Å²) >= 11 is 0. The van der Waals surface area contributed by atoms with Crippen molar-refractivity contribution in [3.05, 3.63) is 11.8 Å². The molecule has 5 unspecified atom stereocenters. The predicted octanol–water partition coefficient (Wildman–Crippen LogP) is 0.699. The van der Waals surface area contributed by atoms with Gasteiger partial charge in [-0.15, -0.1) is 0 Å². The first kappa shape index (κ1) is 14.0. The van der Waals surface area contributed by atoms with Crippen LogP contribution in [-0.2, 0) is 0 Å². The summed E-state index contributed by atoms with van der Waals surface area (Å²) in [5.74, 6) is 0. The SMILES string of the molecule is CC1N=CC=C(C2CCCC(C3CCNC(C)N3)N2)N1. The Hall–Kier alpha value is -0.910. The molecule has 0 saturated carbocycles. The molecular formula is C15H27N5. The van der Waals surface area contributed by atoms with Crippen LogP contribution in [-0.4, -0.2) is 43.2 Å². The van der Waals surface area contributed by atoms with Crippen LogP contribution in [0, 0.1) is 0 Å². The van der Waals surface area contributed by atoms with Gasteiger partial charge in [0.1, 0.15) is 6.17 Å². The number of nitrogens with one attached hydrogen (secondary N) is 4. The summed E-state index contributed by atoms with van der Waals surface area (Å²) in [4.78, 5) is 4.33. The molecule has 0 radical (unpaired) electrons. The van der Waals surface area contributed by atoms with Crippen molar-refractivity contribution >= 4 is 6.21 Å². The number of hydrogen-bond donors (Lipinski definition) is 4. The molecule has 3 aliphatic heterocycles. The van der Waals surface area contributed by atoms with Crippen molar-refractivity contribution in [1.29, 1.82) is 0 Å². The molecule has 5 atom stereocenters. The van der Waals surface area contributed by atoms with Gasteiger partial charge in [-0.2, -0.15) is 0 Å². The highest BCUT2D eigenvalue weighted by Gasteiger charge is 2.31. The zero-order valence-corrected chi connectivity index (χ0v) is 12.5. The van der Waals surface area contributed by atoms with E-state index >= 15 is 0 Å². The average Bonchev–Trinajstić information content (AvgIpc) is 2.47. The third-order valence-corrected chi connectivity index (χ3v) is 4.59. The molecule has 112 valence electrons. The maximum absolute atomic E-state index is 4.33. The van der Waals surface area contributed by atoms with Crippen molar-refractivity contribution in [2.45, 2.75) is 70.0 Å². The number of hydrogen-bond acceptors (Lipinski definition) is 5. The van der Waals surface area contributed by atoms with E-state index in [1.165, 1.54) is 31.4 Å². The summed E-state index contributed by atoms with van der Waals surface area (Å²) in [6, 6.07) is 1.62. The van der Waals surface area contributed by atoms with Gasteiger partial charge in [0, 0.05) is 30.0 Å². The Balaban J connectivity index is 1.61. The fraction of sp³-hybridized carbons (Fsp3) is 0.800. The summed E-state index contributed by atoms with van der Waals surface area (Å²) < 4.78 is 0. The predicted molar refractivity (Wildman–Crippen MR) is 82.7 cm³/mol. The highest BCUT2D eigenvalue weighted by atomic mass is 15.2. The highest BCUT2D eigenvalue weighted by molar-refractivity contribution is 5.73. The molecule has 5 nitrogen and oxygen atoms in total. The van der Waals surface area contributed by atoms with E-state index in [4.69, 9.17) is 0 Å². The van der Waals surface area contributed by atoms with Crippen molar-refractivity contribution in [2.75, 3.05) is 6.54 Å². The molecule has 3 rings (SSSR count). The number of rotatable bonds is 2. The third-order valence-electron chi connectivity index (χ3n) is 4.59. The van der Waals surface area contributed by atoms with Crippen LogP contribution in [0.15, 0.2) is 16.8 Å². The molecule has 2 fully saturated rings. The molecule has 2 saturated heterocycles. The van der Waals surface area contributed by atoms with Crippen molar-refractivity contribution in [2.24, 2.45) is 4.99 Å². The molecule has 0 spiro atoms. The molecule has 0 amide bonds. The molecule has 0 aromatic heterocycles. The molecule has 3 aliphatic rings. The van der Waals surface area contributed by atoms with E-state index in [-0.39, 0.29) is 6.17 Å². The monoisotopic (exact) mass is 277 g/mol. The largest absolute Gasteiger partial charge is 0.366 e. The van der Waals surface area contributed by atoms with E-state index in [1.807, 2.05) is 6.21 Å². The normalized spacial score (nSPS) is 41.9. The lowest BCUT2D eigenvalue weighted by atomic mass is 9.89. The van der Waals surface area contributed by atoms with E-state index in [1.54, 1.807) is 0 Å². The van der Waals surface area contributed by atoms with Crippen LogP contribution in [0.25, 0.3) is 0 Å². The minimum Gasteiger partial charge on any atom is -0.366 e. The molecular weight excluding hydrogens is 250 g/mol.